The van der Waals surface area contributed by atoms with Gasteiger partial charge >= 0.3 is 0 Å². The molecule has 1 saturated heterocycles. The van der Waals surface area contributed by atoms with Gasteiger partial charge in [-0.05, 0) is 12.1 Å². The highest BCUT2D eigenvalue weighted by molar-refractivity contribution is 6.38. The van der Waals surface area contributed by atoms with Crippen molar-refractivity contribution in [2.45, 2.75) is 0 Å². The summed E-state index contributed by atoms with van der Waals surface area (Å²) in [6.45, 7) is 0.990. The molecule has 0 spiro atoms. The first-order chi connectivity index (χ1) is 8.18. The highest BCUT2D eigenvalue weighted by Gasteiger charge is 2.17. The van der Waals surface area contributed by atoms with Crippen molar-refractivity contribution >= 4 is 35.3 Å². The Hall–Kier alpha value is -1.10. The van der Waals surface area contributed by atoms with Gasteiger partial charge in [0.05, 0.1) is 29.4 Å². The van der Waals surface area contributed by atoms with Gasteiger partial charge in [0.1, 0.15) is 6.61 Å². The number of ether oxygens (including phenoxy) is 1. The Balaban J connectivity index is 2.17. The van der Waals surface area contributed by atoms with Gasteiger partial charge in [-0.3, -0.25) is 4.79 Å². The van der Waals surface area contributed by atoms with Gasteiger partial charge in [0.15, 0.2) is 0 Å². The average molecular weight is 273 g/mol. The van der Waals surface area contributed by atoms with E-state index in [1.807, 2.05) is 0 Å². The van der Waals surface area contributed by atoms with E-state index in [9.17, 15) is 4.79 Å². The smallest absolute Gasteiger partial charge is 0.268 e. The minimum absolute atomic E-state index is 0.0631. The fourth-order valence-electron chi connectivity index (χ4n) is 1.39. The summed E-state index contributed by atoms with van der Waals surface area (Å²) < 4.78 is 4.99. The van der Waals surface area contributed by atoms with Crippen molar-refractivity contribution in [1.29, 1.82) is 0 Å². The van der Waals surface area contributed by atoms with Crippen molar-refractivity contribution in [1.82, 2.24) is 5.01 Å². The van der Waals surface area contributed by atoms with Crippen molar-refractivity contribution in [3.63, 3.8) is 0 Å². The van der Waals surface area contributed by atoms with Gasteiger partial charge in [0.2, 0.25) is 0 Å². The lowest BCUT2D eigenvalue weighted by Gasteiger charge is -2.21. The molecular weight excluding hydrogens is 263 g/mol. The highest BCUT2D eigenvalue weighted by Crippen LogP contribution is 2.22. The van der Waals surface area contributed by atoms with E-state index in [2.05, 4.69) is 5.10 Å². The predicted molar refractivity (Wildman–Crippen MR) is 66.6 cm³/mol. The zero-order valence-electron chi connectivity index (χ0n) is 8.90. The molecule has 1 aromatic rings. The maximum absolute atomic E-state index is 11.4. The van der Waals surface area contributed by atoms with Gasteiger partial charge in [0, 0.05) is 5.56 Å². The van der Waals surface area contributed by atoms with Crippen molar-refractivity contribution in [2.75, 3.05) is 19.8 Å². The summed E-state index contributed by atoms with van der Waals surface area (Å²) in [6.07, 6.45) is 1.49. The van der Waals surface area contributed by atoms with Crippen molar-refractivity contribution in [2.24, 2.45) is 5.10 Å². The zero-order chi connectivity index (χ0) is 12.3. The van der Waals surface area contributed by atoms with Crippen LogP contribution in [0.5, 0.6) is 0 Å². The summed E-state index contributed by atoms with van der Waals surface area (Å²) in [7, 11) is 0. The summed E-state index contributed by atoms with van der Waals surface area (Å²) >= 11 is 12.0. The zero-order valence-corrected chi connectivity index (χ0v) is 10.4. The van der Waals surface area contributed by atoms with E-state index >= 15 is 0 Å². The molecule has 1 heterocycles. The average Bonchev–Trinajstić information content (AvgIpc) is 2.30. The number of hydrogen-bond donors (Lipinski definition) is 0. The quantitative estimate of drug-likeness (QED) is 0.775. The lowest BCUT2D eigenvalue weighted by atomic mass is 10.2. The van der Waals surface area contributed by atoms with Crippen LogP contribution in [0.3, 0.4) is 0 Å². The van der Waals surface area contributed by atoms with Gasteiger partial charge in [0.25, 0.3) is 5.91 Å². The lowest BCUT2D eigenvalue weighted by Crippen LogP contribution is -2.37. The minimum Gasteiger partial charge on any atom is -0.370 e. The molecule has 1 amide bonds. The number of morpholine rings is 1. The molecule has 0 N–H and O–H groups in total. The topological polar surface area (TPSA) is 41.9 Å². The largest absolute Gasteiger partial charge is 0.370 e. The second-order valence-electron chi connectivity index (χ2n) is 3.45. The Bertz CT molecular complexity index is 443. The number of hydrazone groups is 1. The molecule has 0 saturated carbocycles. The van der Waals surface area contributed by atoms with E-state index < -0.39 is 0 Å². The van der Waals surface area contributed by atoms with Crippen molar-refractivity contribution < 1.29 is 9.53 Å². The molecule has 0 unspecified atom stereocenters. The number of carbonyl (C=O) groups is 1. The molecule has 17 heavy (non-hydrogen) atoms. The molecule has 6 heteroatoms. The van der Waals surface area contributed by atoms with Crippen molar-refractivity contribution in [3.8, 4) is 0 Å². The van der Waals surface area contributed by atoms with Gasteiger partial charge in [-0.25, -0.2) is 5.01 Å². The highest BCUT2D eigenvalue weighted by atomic mass is 35.5. The van der Waals surface area contributed by atoms with Crippen LogP contribution in [-0.4, -0.2) is 36.9 Å². The number of benzene rings is 1. The Labute approximate surface area is 109 Å². The normalized spacial score (nSPS) is 16.8. The number of amides is 1. The van der Waals surface area contributed by atoms with Crippen LogP contribution in [0.2, 0.25) is 10.0 Å². The first-order valence-corrected chi connectivity index (χ1v) is 5.80. The Morgan fingerprint density at radius 2 is 2.06 bits per heavy atom. The molecular formula is C11H10Cl2N2O2. The first-order valence-electron chi connectivity index (χ1n) is 5.04. The predicted octanol–water partition coefficient (Wildman–Crippen LogP) is 2.19. The van der Waals surface area contributed by atoms with Crippen LogP contribution < -0.4 is 0 Å². The van der Waals surface area contributed by atoms with Gasteiger partial charge < -0.3 is 4.74 Å². The number of nitrogens with zero attached hydrogens (tertiary/aromatic N) is 2. The lowest BCUT2D eigenvalue weighted by molar-refractivity contribution is -0.142. The standard InChI is InChI=1S/C11H10Cl2N2O2/c12-9-2-1-3-10(13)8(9)6-14-15-4-5-17-7-11(15)16/h1-3,6H,4-5,7H2/b14-6+. The third kappa shape index (κ3) is 2.97. The molecule has 1 fully saturated rings. The van der Waals surface area contributed by atoms with Crippen LogP contribution in [-0.2, 0) is 9.53 Å². The fraction of sp³-hybridized carbons (Fsp3) is 0.273. The molecule has 90 valence electrons. The Morgan fingerprint density at radius 1 is 1.35 bits per heavy atom. The van der Waals surface area contributed by atoms with Gasteiger partial charge in [-0.2, -0.15) is 5.10 Å². The summed E-state index contributed by atoms with van der Waals surface area (Å²) in [5.41, 5.74) is 0.607. The van der Waals surface area contributed by atoms with Crippen LogP contribution in [0.4, 0.5) is 0 Å². The van der Waals surface area contributed by atoms with E-state index in [0.717, 1.165) is 0 Å². The maximum atomic E-state index is 11.4. The monoisotopic (exact) mass is 272 g/mol. The van der Waals surface area contributed by atoms with Crippen LogP contribution in [0.1, 0.15) is 5.56 Å². The number of carbonyl (C=O) groups excluding carboxylic acids is 1. The molecule has 1 aliphatic rings. The number of hydrogen-bond acceptors (Lipinski definition) is 3. The minimum atomic E-state index is -0.171. The second-order valence-corrected chi connectivity index (χ2v) is 4.26. The van der Waals surface area contributed by atoms with Gasteiger partial charge in [-0.15, -0.1) is 0 Å². The second kappa shape index (κ2) is 5.49. The molecule has 4 nitrogen and oxygen atoms in total. The molecule has 0 aliphatic carbocycles. The van der Waals surface area contributed by atoms with Crippen LogP contribution in [0.25, 0.3) is 0 Å². The molecule has 0 radical (unpaired) electrons. The third-order valence-electron chi connectivity index (χ3n) is 2.29. The van der Waals surface area contributed by atoms with E-state index in [-0.39, 0.29) is 12.5 Å². The summed E-state index contributed by atoms with van der Waals surface area (Å²) in [6, 6.07) is 5.19. The van der Waals surface area contributed by atoms with E-state index in [1.54, 1.807) is 18.2 Å². The molecule has 0 atom stereocenters. The summed E-state index contributed by atoms with van der Waals surface area (Å²) in [5.74, 6) is -0.171. The number of rotatable bonds is 2. The van der Waals surface area contributed by atoms with Gasteiger partial charge in [-0.1, -0.05) is 29.3 Å². The van der Waals surface area contributed by atoms with Crippen molar-refractivity contribution in [3.05, 3.63) is 33.8 Å². The Morgan fingerprint density at radius 3 is 2.71 bits per heavy atom. The third-order valence-corrected chi connectivity index (χ3v) is 2.95. The molecule has 0 aromatic heterocycles. The fourth-order valence-corrected chi connectivity index (χ4v) is 1.89. The molecule has 2 rings (SSSR count). The number of halogens is 2. The first kappa shape index (κ1) is 12.4. The molecule has 0 bridgehead atoms. The van der Waals surface area contributed by atoms with E-state index in [4.69, 9.17) is 27.9 Å². The van der Waals surface area contributed by atoms with Crippen LogP contribution in [0, 0.1) is 0 Å². The van der Waals surface area contributed by atoms with E-state index in [1.165, 1.54) is 11.2 Å². The molecule has 1 aliphatic heterocycles. The summed E-state index contributed by atoms with van der Waals surface area (Å²) in [5, 5.41) is 6.42. The molecule has 1 aromatic carbocycles. The van der Waals surface area contributed by atoms with E-state index in [0.29, 0.717) is 28.8 Å². The Kier molecular flexibility index (Phi) is 3.99. The summed E-state index contributed by atoms with van der Waals surface area (Å²) in [4.78, 5) is 11.4. The van der Waals surface area contributed by atoms with Crippen LogP contribution in [0.15, 0.2) is 23.3 Å². The van der Waals surface area contributed by atoms with Crippen LogP contribution >= 0.6 is 23.2 Å². The maximum Gasteiger partial charge on any atom is 0.268 e. The SMILES string of the molecule is O=C1COCCN1/N=C/c1c(Cl)cccc1Cl.